The summed E-state index contributed by atoms with van der Waals surface area (Å²) in [6, 6.07) is 0. The number of thioether (sulfide) groups is 1. The number of nitrogens with zero attached hydrogens (tertiary/aromatic N) is 4. The summed E-state index contributed by atoms with van der Waals surface area (Å²) in [4.78, 5) is 4.41. The molecular weight excluding hydrogens is 306 g/mol. The van der Waals surface area contributed by atoms with Crippen molar-refractivity contribution < 1.29 is 4.52 Å². The van der Waals surface area contributed by atoms with E-state index in [2.05, 4.69) is 39.5 Å². The van der Waals surface area contributed by atoms with Crippen LogP contribution in [0.1, 0.15) is 57.0 Å². The van der Waals surface area contributed by atoms with Crippen LogP contribution in [0.2, 0.25) is 0 Å². The maximum absolute atomic E-state index is 5.30. The Morgan fingerprint density at radius 2 is 2.14 bits per heavy atom. The van der Waals surface area contributed by atoms with Crippen LogP contribution in [-0.4, -0.2) is 26.9 Å². The molecule has 0 radical (unpaired) electrons. The smallest absolute Gasteiger partial charge is 0.239 e. The lowest BCUT2D eigenvalue weighted by Gasteiger charge is -2.01. The molecule has 21 heavy (non-hydrogen) atoms. The zero-order valence-electron chi connectivity index (χ0n) is 12.6. The fourth-order valence-electron chi connectivity index (χ4n) is 1.66. The lowest BCUT2D eigenvalue weighted by molar-refractivity contribution is 0.374. The second kappa shape index (κ2) is 8.33. The lowest BCUT2D eigenvalue weighted by Crippen LogP contribution is -1.99. The Morgan fingerprint density at radius 1 is 1.29 bits per heavy atom. The highest BCUT2D eigenvalue weighted by Crippen LogP contribution is 2.36. The van der Waals surface area contributed by atoms with E-state index in [9.17, 15) is 0 Å². The van der Waals surface area contributed by atoms with E-state index in [0.29, 0.717) is 5.89 Å². The van der Waals surface area contributed by atoms with Crippen LogP contribution < -0.4 is 5.32 Å². The molecule has 2 rings (SSSR count). The minimum atomic E-state index is 0.0829. The van der Waals surface area contributed by atoms with Crippen molar-refractivity contribution >= 4 is 28.2 Å². The predicted molar refractivity (Wildman–Crippen MR) is 85.9 cm³/mol. The second-order valence-corrected chi connectivity index (χ2v) is 7.28. The van der Waals surface area contributed by atoms with Crippen LogP contribution in [0.3, 0.4) is 0 Å². The van der Waals surface area contributed by atoms with Crippen LogP contribution in [0, 0.1) is 0 Å². The fraction of sp³-hybridized carbons (Fsp3) is 0.692. The summed E-state index contributed by atoms with van der Waals surface area (Å²) < 4.78 is 6.21. The zero-order chi connectivity index (χ0) is 15.1. The number of nitrogens with one attached hydrogen (secondary N) is 1. The average Bonchev–Trinajstić information content (AvgIpc) is 3.09. The van der Waals surface area contributed by atoms with Gasteiger partial charge >= 0.3 is 0 Å². The SMILES string of the molecule is CCCCNc1nnc(S[C@H](C)c2nc(CCC)no2)s1. The van der Waals surface area contributed by atoms with Crippen LogP contribution in [0.5, 0.6) is 0 Å². The molecule has 116 valence electrons. The highest BCUT2D eigenvalue weighted by atomic mass is 32.2. The van der Waals surface area contributed by atoms with Crippen molar-refractivity contribution in [3.63, 3.8) is 0 Å². The standard InChI is InChI=1S/C13H21N5OS2/c1-4-6-8-14-12-16-17-13(21-12)20-9(3)11-15-10(7-5-2)18-19-11/h9H,4-8H2,1-3H3,(H,14,16)/t9-/m1/s1. The van der Waals surface area contributed by atoms with Crippen LogP contribution in [0.15, 0.2) is 8.86 Å². The highest BCUT2D eigenvalue weighted by Gasteiger charge is 2.17. The van der Waals surface area contributed by atoms with Crippen molar-refractivity contribution in [2.75, 3.05) is 11.9 Å². The van der Waals surface area contributed by atoms with Crippen molar-refractivity contribution in [1.82, 2.24) is 20.3 Å². The van der Waals surface area contributed by atoms with Gasteiger partial charge in [-0.15, -0.1) is 10.2 Å². The number of hydrogen-bond acceptors (Lipinski definition) is 8. The minimum absolute atomic E-state index is 0.0829. The molecule has 0 amide bonds. The average molecular weight is 327 g/mol. The van der Waals surface area contributed by atoms with Crippen molar-refractivity contribution in [2.45, 2.75) is 56.0 Å². The summed E-state index contributed by atoms with van der Waals surface area (Å²) in [6.07, 6.45) is 4.18. The molecule has 8 heteroatoms. The van der Waals surface area contributed by atoms with Crippen LogP contribution in [0.25, 0.3) is 0 Å². The van der Waals surface area contributed by atoms with Gasteiger partial charge in [-0.3, -0.25) is 0 Å². The van der Waals surface area contributed by atoms with Crippen molar-refractivity contribution in [3.05, 3.63) is 11.7 Å². The first kappa shape index (κ1) is 16.2. The van der Waals surface area contributed by atoms with E-state index in [0.717, 1.165) is 41.1 Å². The van der Waals surface area contributed by atoms with Gasteiger partial charge in [0.25, 0.3) is 0 Å². The Hall–Kier alpha value is -1.15. The summed E-state index contributed by atoms with van der Waals surface area (Å²) in [5.74, 6) is 1.43. The number of unbranched alkanes of at least 4 members (excludes halogenated alkanes) is 1. The van der Waals surface area contributed by atoms with E-state index in [-0.39, 0.29) is 5.25 Å². The zero-order valence-corrected chi connectivity index (χ0v) is 14.3. The van der Waals surface area contributed by atoms with Gasteiger partial charge in [0, 0.05) is 13.0 Å². The Kier molecular flexibility index (Phi) is 6.44. The number of rotatable bonds is 9. The van der Waals surface area contributed by atoms with Gasteiger partial charge in [-0.2, -0.15) is 4.98 Å². The highest BCUT2D eigenvalue weighted by molar-refractivity contribution is 8.01. The topological polar surface area (TPSA) is 76.7 Å². The van der Waals surface area contributed by atoms with Gasteiger partial charge in [0.2, 0.25) is 11.0 Å². The second-order valence-electron chi connectivity index (χ2n) is 4.71. The van der Waals surface area contributed by atoms with Crippen molar-refractivity contribution in [1.29, 1.82) is 0 Å². The quantitative estimate of drug-likeness (QED) is 0.552. The van der Waals surface area contributed by atoms with Crippen LogP contribution >= 0.6 is 23.1 Å². The van der Waals surface area contributed by atoms with E-state index >= 15 is 0 Å². The van der Waals surface area contributed by atoms with Gasteiger partial charge in [-0.1, -0.05) is 48.5 Å². The third-order valence-corrected chi connectivity index (χ3v) is 4.85. The molecule has 0 aliphatic rings. The summed E-state index contributed by atoms with van der Waals surface area (Å²) in [5, 5.41) is 16.5. The number of aromatic nitrogens is 4. The van der Waals surface area contributed by atoms with E-state index < -0.39 is 0 Å². The van der Waals surface area contributed by atoms with Gasteiger partial charge in [-0.25, -0.2) is 0 Å². The minimum Gasteiger partial charge on any atom is -0.360 e. The van der Waals surface area contributed by atoms with Crippen molar-refractivity contribution in [2.24, 2.45) is 0 Å². The maximum atomic E-state index is 5.30. The normalized spacial score (nSPS) is 12.5. The molecule has 6 nitrogen and oxygen atoms in total. The molecule has 0 saturated heterocycles. The van der Waals surface area contributed by atoms with E-state index in [1.807, 2.05) is 6.92 Å². The molecule has 0 aliphatic carbocycles. The summed E-state index contributed by atoms with van der Waals surface area (Å²) >= 11 is 3.16. The molecule has 0 aromatic carbocycles. The summed E-state index contributed by atoms with van der Waals surface area (Å²) in [5.41, 5.74) is 0. The number of anilines is 1. The van der Waals surface area contributed by atoms with Gasteiger partial charge in [-0.05, 0) is 19.8 Å². The fourth-order valence-corrected chi connectivity index (χ4v) is 3.61. The largest absolute Gasteiger partial charge is 0.360 e. The van der Waals surface area contributed by atoms with Crippen LogP contribution in [-0.2, 0) is 6.42 Å². The van der Waals surface area contributed by atoms with E-state index in [1.165, 1.54) is 6.42 Å². The van der Waals surface area contributed by atoms with Gasteiger partial charge in [0.15, 0.2) is 10.2 Å². The molecular formula is C13H21N5OS2. The van der Waals surface area contributed by atoms with E-state index in [1.54, 1.807) is 23.1 Å². The molecule has 0 aliphatic heterocycles. The van der Waals surface area contributed by atoms with Crippen LogP contribution in [0.4, 0.5) is 5.13 Å². The number of aryl methyl sites for hydroxylation is 1. The third kappa shape index (κ3) is 4.96. The lowest BCUT2D eigenvalue weighted by atomic mass is 10.3. The van der Waals surface area contributed by atoms with Crippen molar-refractivity contribution in [3.8, 4) is 0 Å². The first-order chi connectivity index (χ1) is 10.2. The molecule has 0 unspecified atom stereocenters. The molecule has 2 aromatic rings. The molecule has 2 aromatic heterocycles. The number of hydrogen-bond donors (Lipinski definition) is 1. The third-order valence-electron chi connectivity index (χ3n) is 2.80. The molecule has 1 N–H and O–H groups in total. The monoisotopic (exact) mass is 327 g/mol. The first-order valence-corrected chi connectivity index (χ1v) is 8.99. The molecule has 0 spiro atoms. The molecule has 0 fully saturated rings. The Bertz CT molecular complexity index is 542. The van der Waals surface area contributed by atoms with Gasteiger partial charge in [0.05, 0.1) is 5.25 Å². The first-order valence-electron chi connectivity index (χ1n) is 7.29. The molecule has 1 atom stereocenters. The maximum Gasteiger partial charge on any atom is 0.239 e. The molecule has 2 heterocycles. The molecule has 0 saturated carbocycles. The Balaban J connectivity index is 1.88. The van der Waals surface area contributed by atoms with E-state index in [4.69, 9.17) is 4.52 Å². The van der Waals surface area contributed by atoms with Gasteiger partial charge < -0.3 is 9.84 Å². The Morgan fingerprint density at radius 3 is 2.90 bits per heavy atom. The Labute approximate surface area is 133 Å². The summed E-state index contributed by atoms with van der Waals surface area (Å²) in [6.45, 7) is 7.25. The van der Waals surface area contributed by atoms with Gasteiger partial charge in [0.1, 0.15) is 0 Å². The summed E-state index contributed by atoms with van der Waals surface area (Å²) in [7, 11) is 0. The molecule has 0 bridgehead atoms. The predicted octanol–water partition coefficient (Wildman–Crippen LogP) is 3.94.